The molecule has 0 radical (unpaired) electrons. The van der Waals surface area contributed by atoms with E-state index in [4.69, 9.17) is 14.5 Å². The number of aromatic nitrogens is 1. The van der Waals surface area contributed by atoms with Crippen molar-refractivity contribution in [2.45, 2.75) is 13.8 Å². The first kappa shape index (κ1) is 16.2. The van der Waals surface area contributed by atoms with Crippen molar-refractivity contribution in [1.29, 1.82) is 0 Å². The van der Waals surface area contributed by atoms with Crippen LogP contribution in [0, 0.1) is 6.92 Å². The second-order valence-electron chi connectivity index (χ2n) is 5.36. The zero-order valence-electron chi connectivity index (χ0n) is 13.4. The van der Waals surface area contributed by atoms with Crippen molar-refractivity contribution in [3.63, 3.8) is 0 Å². The summed E-state index contributed by atoms with van der Waals surface area (Å²) in [4.78, 5) is 19.4. The van der Waals surface area contributed by atoms with E-state index >= 15 is 0 Å². The standard InChI is InChI=1S/C17H20N2O3Se/c1-3-22-16(20)15-14(13-6-4-12(2)5-7-13)18-17(23-15)19-8-10-21-11-9-19/h4-7H,3,8-11H2,1-2H3. The summed E-state index contributed by atoms with van der Waals surface area (Å²) in [6, 6.07) is 8.12. The maximum absolute atomic E-state index is 12.3. The molecule has 1 aliphatic heterocycles. The molecule has 2 heterocycles. The molecule has 122 valence electrons. The van der Waals surface area contributed by atoms with Gasteiger partial charge in [0.2, 0.25) is 0 Å². The number of anilines is 1. The molecule has 0 spiro atoms. The van der Waals surface area contributed by atoms with E-state index in [2.05, 4.69) is 4.90 Å². The quantitative estimate of drug-likeness (QED) is 0.602. The van der Waals surface area contributed by atoms with Gasteiger partial charge >= 0.3 is 142 Å². The Morgan fingerprint density at radius 3 is 2.65 bits per heavy atom. The predicted molar refractivity (Wildman–Crippen MR) is 90.3 cm³/mol. The minimum atomic E-state index is -0.241. The Morgan fingerprint density at radius 2 is 2.00 bits per heavy atom. The Kier molecular flexibility index (Phi) is 5.16. The van der Waals surface area contributed by atoms with Crippen LogP contribution in [0.1, 0.15) is 21.7 Å². The molecule has 1 saturated heterocycles. The van der Waals surface area contributed by atoms with Gasteiger partial charge in [-0.2, -0.15) is 0 Å². The zero-order valence-corrected chi connectivity index (χ0v) is 15.1. The van der Waals surface area contributed by atoms with Crippen molar-refractivity contribution in [1.82, 2.24) is 4.98 Å². The van der Waals surface area contributed by atoms with Gasteiger partial charge < -0.3 is 0 Å². The van der Waals surface area contributed by atoms with Crippen LogP contribution in [0.2, 0.25) is 0 Å². The molecule has 0 amide bonds. The van der Waals surface area contributed by atoms with Gasteiger partial charge in [0.25, 0.3) is 0 Å². The third-order valence-corrected chi connectivity index (χ3v) is 5.98. The van der Waals surface area contributed by atoms with Gasteiger partial charge in [0.05, 0.1) is 0 Å². The zero-order chi connectivity index (χ0) is 16.2. The number of nitrogens with zero attached hydrogens (tertiary/aromatic N) is 2. The van der Waals surface area contributed by atoms with E-state index in [9.17, 15) is 4.79 Å². The molecule has 0 bridgehead atoms. The van der Waals surface area contributed by atoms with E-state index in [1.54, 1.807) is 0 Å². The fraction of sp³-hybridized carbons (Fsp3) is 0.412. The first-order valence-corrected chi connectivity index (χ1v) is 9.48. The average Bonchev–Trinajstić information content (AvgIpc) is 3.02. The second-order valence-corrected chi connectivity index (χ2v) is 7.41. The number of morpholine rings is 1. The van der Waals surface area contributed by atoms with E-state index in [1.165, 1.54) is 5.56 Å². The SMILES string of the molecule is CCOC(=O)c1[se]c(N2CCOCC2)nc1-c1ccc(C)cc1. The first-order valence-electron chi connectivity index (χ1n) is 7.76. The molecule has 1 fully saturated rings. The van der Waals surface area contributed by atoms with Crippen molar-refractivity contribution in [3.8, 4) is 11.3 Å². The van der Waals surface area contributed by atoms with Crippen molar-refractivity contribution in [2.75, 3.05) is 37.8 Å². The Labute approximate surface area is 142 Å². The molecule has 0 N–H and O–H groups in total. The fourth-order valence-corrected chi connectivity index (χ4v) is 4.61. The monoisotopic (exact) mass is 380 g/mol. The van der Waals surface area contributed by atoms with Crippen LogP contribution < -0.4 is 4.90 Å². The van der Waals surface area contributed by atoms with Crippen molar-refractivity contribution in [3.05, 3.63) is 34.3 Å². The fourth-order valence-electron chi connectivity index (χ4n) is 2.44. The molecule has 0 saturated carbocycles. The van der Waals surface area contributed by atoms with Crippen LogP contribution in [0.3, 0.4) is 0 Å². The molecule has 6 heteroatoms. The van der Waals surface area contributed by atoms with Crippen LogP contribution in [0.25, 0.3) is 11.3 Å². The molecule has 0 atom stereocenters. The van der Waals surface area contributed by atoms with E-state index in [0.29, 0.717) is 24.3 Å². The number of esters is 1. The Hall–Kier alpha value is -1.62. The van der Waals surface area contributed by atoms with Gasteiger partial charge in [-0.1, -0.05) is 0 Å². The molecule has 5 nitrogen and oxygen atoms in total. The number of aryl methyl sites for hydroxylation is 1. The molecular formula is C17H20N2O3Se. The summed E-state index contributed by atoms with van der Waals surface area (Å²) in [6.07, 6.45) is 0. The Morgan fingerprint density at radius 1 is 1.30 bits per heavy atom. The number of ether oxygens (including phenoxy) is 2. The van der Waals surface area contributed by atoms with Crippen LogP contribution >= 0.6 is 0 Å². The van der Waals surface area contributed by atoms with Crippen LogP contribution in [0.15, 0.2) is 24.3 Å². The summed E-state index contributed by atoms with van der Waals surface area (Å²) in [5, 5.41) is 0. The number of hydrogen-bond donors (Lipinski definition) is 0. The van der Waals surface area contributed by atoms with E-state index < -0.39 is 0 Å². The molecule has 0 unspecified atom stereocenters. The molecular weight excluding hydrogens is 359 g/mol. The average molecular weight is 379 g/mol. The summed E-state index contributed by atoms with van der Waals surface area (Å²) in [7, 11) is 0. The van der Waals surface area contributed by atoms with Crippen molar-refractivity contribution in [2.24, 2.45) is 0 Å². The van der Waals surface area contributed by atoms with Crippen LogP contribution in [-0.4, -0.2) is 58.4 Å². The topological polar surface area (TPSA) is 51.7 Å². The summed E-state index contributed by atoms with van der Waals surface area (Å²) in [5.41, 5.74) is 2.93. The third-order valence-electron chi connectivity index (χ3n) is 3.68. The molecule has 0 aliphatic carbocycles. The summed E-state index contributed by atoms with van der Waals surface area (Å²) >= 11 is -0.121. The van der Waals surface area contributed by atoms with Crippen LogP contribution in [0.4, 0.5) is 4.69 Å². The molecule has 1 aromatic carbocycles. The van der Waals surface area contributed by atoms with Gasteiger partial charge in [-0.15, -0.1) is 0 Å². The van der Waals surface area contributed by atoms with E-state index in [-0.39, 0.29) is 20.5 Å². The number of rotatable bonds is 4. The summed E-state index contributed by atoms with van der Waals surface area (Å²) in [5.74, 6) is -0.241. The molecule has 2 aromatic rings. The molecule has 1 aromatic heterocycles. The van der Waals surface area contributed by atoms with E-state index in [1.807, 2.05) is 38.1 Å². The van der Waals surface area contributed by atoms with Gasteiger partial charge in [0.15, 0.2) is 0 Å². The second kappa shape index (κ2) is 7.30. The molecule has 3 rings (SSSR count). The van der Waals surface area contributed by atoms with E-state index in [0.717, 1.165) is 29.0 Å². The third kappa shape index (κ3) is 3.66. The number of hydrogen-bond acceptors (Lipinski definition) is 5. The first-order chi connectivity index (χ1) is 11.2. The number of carbonyl (C=O) groups is 1. The summed E-state index contributed by atoms with van der Waals surface area (Å²) in [6.45, 7) is 7.34. The predicted octanol–water partition coefficient (Wildman–Crippen LogP) is 2.13. The van der Waals surface area contributed by atoms with Gasteiger partial charge in [0, 0.05) is 0 Å². The minimum absolute atomic E-state index is 0.121. The van der Waals surface area contributed by atoms with Gasteiger partial charge in [0.1, 0.15) is 0 Å². The van der Waals surface area contributed by atoms with Crippen LogP contribution in [0.5, 0.6) is 0 Å². The van der Waals surface area contributed by atoms with Gasteiger partial charge in [-0.3, -0.25) is 0 Å². The molecule has 1 aliphatic rings. The summed E-state index contributed by atoms with van der Waals surface area (Å²) < 4.78 is 12.4. The van der Waals surface area contributed by atoms with Crippen molar-refractivity contribution >= 4 is 25.2 Å². The number of benzene rings is 1. The Balaban J connectivity index is 1.99. The normalized spacial score (nSPS) is 14.8. The Bertz CT molecular complexity index is 676. The maximum atomic E-state index is 12.3. The molecule has 23 heavy (non-hydrogen) atoms. The number of carbonyl (C=O) groups excluding carboxylic acids is 1. The van der Waals surface area contributed by atoms with Crippen LogP contribution in [-0.2, 0) is 9.47 Å². The van der Waals surface area contributed by atoms with Gasteiger partial charge in [-0.25, -0.2) is 0 Å². The van der Waals surface area contributed by atoms with Gasteiger partial charge in [-0.05, 0) is 0 Å². The van der Waals surface area contributed by atoms with Crippen molar-refractivity contribution < 1.29 is 14.3 Å².